The molecule has 0 aromatic heterocycles. The minimum atomic E-state index is 0.678. The Bertz CT molecular complexity index is 417. The van der Waals surface area contributed by atoms with E-state index in [4.69, 9.17) is 16.3 Å². The Hall–Kier alpha value is -0.990. The fourth-order valence-electron chi connectivity index (χ4n) is 2.28. The largest absolute Gasteiger partial charge is 0.495 e. The average Bonchev–Trinajstić information content (AvgIpc) is 2.40. The zero-order valence-electron chi connectivity index (χ0n) is 10.8. The fraction of sp³-hybridized carbons (Fsp3) is 0.467. The van der Waals surface area contributed by atoms with Crippen molar-refractivity contribution >= 4 is 11.6 Å². The molecule has 1 unspecified atom stereocenters. The van der Waals surface area contributed by atoms with Gasteiger partial charge in [-0.25, -0.2) is 0 Å². The number of methoxy groups -OCH3 is 1. The van der Waals surface area contributed by atoms with Gasteiger partial charge in [-0.05, 0) is 49.4 Å². The van der Waals surface area contributed by atoms with Crippen LogP contribution in [-0.4, -0.2) is 13.7 Å². The number of allylic oxidation sites excluding steroid dienone is 2. The maximum Gasteiger partial charge on any atom is 0.137 e. The maximum atomic E-state index is 6.10. The van der Waals surface area contributed by atoms with Crippen LogP contribution < -0.4 is 10.1 Å². The normalized spacial score (nSPS) is 18.9. The van der Waals surface area contributed by atoms with E-state index in [1.807, 2.05) is 12.1 Å². The van der Waals surface area contributed by atoms with Gasteiger partial charge in [0.2, 0.25) is 0 Å². The highest BCUT2D eigenvalue weighted by molar-refractivity contribution is 6.32. The topological polar surface area (TPSA) is 21.3 Å². The van der Waals surface area contributed by atoms with Crippen LogP contribution in [-0.2, 0) is 6.54 Å². The van der Waals surface area contributed by atoms with Gasteiger partial charge in [0.25, 0.3) is 0 Å². The molecular weight excluding hydrogens is 246 g/mol. The van der Waals surface area contributed by atoms with Crippen LogP contribution in [0.2, 0.25) is 5.02 Å². The van der Waals surface area contributed by atoms with Crippen LogP contribution in [0.5, 0.6) is 5.75 Å². The lowest BCUT2D eigenvalue weighted by atomic mass is 9.94. The van der Waals surface area contributed by atoms with Crippen LogP contribution in [0.15, 0.2) is 30.4 Å². The summed E-state index contributed by atoms with van der Waals surface area (Å²) in [5.41, 5.74) is 1.20. The van der Waals surface area contributed by atoms with E-state index in [0.29, 0.717) is 5.02 Å². The molecule has 1 atom stereocenters. The van der Waals surface area contributed by atoms with Gasteiger partial charge in [0.15, 0.2) is 0 Å². The van der Waals surface area contributed by atoms with Crippen molar-refractivity contribution in [3.63, 3.8) is 0 Å². The van der Waals surface area contributed by atoms with Gasteiger partial charge in [-0.2, -0.15) is 0 Å². The highest BCUT2D eigenvalue weighted by Gasteiger charge is 2.09. The summed E-state index contributed by atoms with van der Waals surface area (Å²) in [7, 11) is 1.63. The van der Waals surface area contributed by atoms with E-state index in [0.717, 1.165) is 24.8 Å². The Morgan fingerprint density at radius 3 is 2.94 bits per heavy atom. The second kappa shape index (κ2) is 6.81. The molecular formula is C15H20ClNO. The minimum absolute atomic E-state index is 0.678. The number of benzene rings is 1. The van der Waals surface area contributed by atoms with Crippen molar-refractivity contribution in [3.05, 3.63) is 40.9 Å². The molecule has 2 nitrogen and oxygen atoms in total. The summed E-state index contributed by atoms with van der Waals surface area (Å²) < 4.78 is 5.14. The smallest absolute Gasteiger partial charge is 0.137 e. The maximum absolute atomic E-state index is 6.10. The lowest BCUT2D eigenvalue weighted by Crippen LogP contribution is -2.23. The molecule has 1 N–H and O–H groups in total. The second-order valence-electron chi connectivity index (χ2n) is 4.75. The van der Waals surface area contributed by atoms with Gasteiger partial charge in [-0.1, -0.05) is 29.8 Å². The van der Waals surface area contributed by atoms with Crippen molar-refractivity contribution < 1.29 is 4.74 Å². The van der Waals surface area contributed by atoms with Crippen LogP contribution in [0, 0.1) is 5.92 Å². The standard InChI is InChI=1S/C15H20ClNO/c1-18-15-8-7-13(9-14(15)16)11-17-10-12-5-3-2-4-6-12/h2-3,7-9,12,17H,4-6,10-11H2,1H3. The Kier molecular flexibility index (Phi) is 5.09. The van der Waals surface area contributed by atoms with Crippen molar-refractivity contribution in [1.82, 2.24) is 5.32 Å². The zero-order chi connectivity index (χ0) is 12.8. The molecule has 18 heavy (non-hydrogen) atoms. The van der Waals surface area contributed by atoms with Gasteiger partial charge >= 0.3 is 0 Å². The molecule has 1 aliphatic carbocycles. The first-order valence-corrected chi connectivity index (χ1v) is 6.85. The molecule has 0 radical (unpaired) electrons. The average molecular weight is 266 g/mol. The van der Waals surface area contributed by atoms with E-state index in [1.165, 1.54) is 24.8 Å². The first-order valence-electron chi connectivity index (χ1n) is 6.47. The van der Waals surface area contributed by atoms with Gasteiger partial charge in [-0.15, -0.1) is 0 Å². The minimum Gasteiger partial charge on any atom is -0.495 e. The third-order valence-corrected chi connectivity index (χ3v) is 3.65. The van der Waals surface area contributed by atoms with Crippen LogP contribution in [0.4, 0.5) is 0 Å². The molecule has 98 valence electrons. The molecule has 0 heterocycles. The number of nitrogens with one attached hydrogen (secondary N) is 1. The van der Waals surface area contributed by atoms with E-state index in [-0.39, 0.29) is 0 Å². The molecule has 0 fully saturated rings. The summed E-state index contributed by atoms with van der Waals surface area (Å²) in [4.78, 5) is 0. The van der Waals surface area contributed by atoms with Gasteiger partial charge in [-0.3, -0.25) is 0 Å². The van der Waals surface area contributed by atoms with Crippen molar-refractivity contribution in [1.29, 1.82) is 0 Å². The zero-order valence-corrected chi connectivity index (χ0v) is 11.5. The van der Waals surface area contributed by atoms with Gasteiger partial charge < -0.3 is 10.1 Å². The molecule has 2 rings (SSSR count). The predicted molar refractivity (Wildman–Crippen MR) is 76.2 cm³/mol. The Morgan fingerprint density at radius 2 is 2.28 bits per heavy atom. The summed E-state index contributed by atoms with van der Waals surface area (Å²) in [6.07, 6.45) is 8.30. The molecule has 1 aromatic carbocycles. The van der Waals surface area contributed by atoms with E-state index in [1.54, 1.807) is 7.11 Å². The molecule has 0 bridgehead atoms. The first kappa shape index (κ1) is 13.4. The van der Waals surface area contributed by atoms with Crippen LogP contribution in [0.3, 0.4) is 0 Å². The molecule has 1 aromatic rings. The first-order chi connectivity index (χ1) is 8.79. The van der Waals surface area contributed by atoms with E-state index in [9.17, 15) is 0 Å². The summed E-state index contributed by atoms with van der Waals surface area (Å²) in [6, 6.07) is 5.94. The number of rotatable bonds is 5. The van der Waals surface area contributed by atoms with Crippen molar-refractivity contribution in [2.45, 2.75) is 25.8 Å². The Labute approximate surface area is 114 Å². The third-order valence-electron chi connectivity index (χ3n) is 3.36. The quantitative estimate of drug-likeness (QED) is 0.818. The molecule has 1 aliphatic rings. The number of hydrogen-bond acceptors (Lipinski definition) is 2. The number of ether oxygens (including phenoxy) is 1. The highest BCUT2D eigenvalue weighted by Crippen LogP contribution is 2.25. The van der Waals surface area contributed by atoms with Crippen LogP contribution in [0.25, 0.3) is 0 Å². The molecule has 3 heteroatoms. The summed E-state index contributed by atoms with van der Waals surface area (Å²) in [5, 5.41) is 4.18. The Balaban J connectivity index is 1.79. The monoisotopic (exact) mass is 265 g/mol. The lowest BCUT2D eigenvalue weighted by Gasteiger charge is -2.18. The third kappa shape index (κ3) is 3.76. The number of halogens is 1. The van der Waals surface area contributed by atoms with Crippen molar-refractivity contribution in [3.8, 4) is 5.75 Å². The lowest BCUT2D eigenvalue weighted by molar-refractivity contribution is 0.414. The molecule has 0 amide bonds. The van der Waals surface area contributed by atoms with Crippen LogP contribution in [0.1, 0.15) is 24.8 Å². The Morgan fingerprint density at radius 1 is 1.39 bits per heavy atom. The highest BCUT2D eigenvalue weighted by atomic mass is 35.5. The second-order valence-corrected chi connectivity index (χ2v) is 5.16. The van der Waals surface area contributed by atoms with Crippen molar-refractivity contribution in [2.75, 3.05) is 13.7 Å². The SMILES string of the molecule is COc1ccc(CNCC2CC=CCC2)cc1Cl. The summed E-state index contributed by atoms with van der Waals surface area (Å²) in [6.45, 7) is 1.94. The molecule has 0 spiro atoms. The summed E-state index contributed by atoms with van der Waals surface area (Å²) in [5.74, 6) is 1.52. The van der Waals surface area contributed by atoms with Crippen molar-refractivity contribution in [2.24, 2.45) is 5.92 Å². The van der Waals surface area contributed by atoms with Gasteiger partial charge in [0.1, 0.15) is 5.75 Å². The molecule has 0 saturated heterocycles. The van der Waals surface area contributed by atoms with Gasteiger partial charge in [0.05, 0.1) is 12.1 Å². The number of hydrogen-bond donors (Lipinski definition) is 1. The van der Waals surface area contributed by atoms with Crippen LogP contribution >= 0.6 is 11.6 Å². The molecule has 0 aliphatic heterocycles. The fourth-order valence-corrected chi connectivity index (χ4v) is 2.56. The van der Waals surface area contributed by atoms with E-state index >= 15 is 0 Å². The predicted octanol–water partition coefficient (Wildman–Crippen LogP) is 3.79. The van der Waals surface area contributed by atoms with E-state index < -0.39 is 0 Å². The van der Waals surface area contributed by atoms with E-state index in [2.05, 4.69) is 23.5 Å². The molecule has 0 saturated carbocycles. The summed E-state index contributed by atoms with van der Waals surface area (Å²) >= 11 is 6.10. The van der Waals surface area contributed by atoms with Gasteiger partial charge in [0, 0.05) is 6.54 Å².